The first-order valence-corrected chi connectivity index (χ1v) is 5.01. The minimum Gasteiger partial charge on any atom is -0.487 e. The number of ether oxygens (including phenoxy) is 1. The molecule has 1 aromatic rings. The fraction of sp³-hybridized carbons (Fsp3) is 0.364. The van der Waals surface area contributed by atoms with Crippen LogP contribution < -0.4 is 10.5 Å². The zero-order valence-corrected chi connectivity index (χ0v) is 9.30. The Morgan fingerprint density at radius 2 is 1.93 bits per heavy atom. The minimum atomic E-state index is 0.302. The Morgan fingerprint density at radius 1 is 1.36 bits per heavy atom. The summed E-state index contributed by atoms with van der Waals surface area (Å²) in [6.45, 7) is 4.62. The van der Waals surface area contributed by atoms with Gasteiger partial charge in [0.1, 0.15) is 17.3 Å². The molecule has 0 radical (unpaired) electrons. The molecule has 0 aliphatic rings. The number of hydrogen-bond donors (Lipinski definition) is 1. The van der Waals surface area contributed by atoms with E-state index in [1.54, 1.807) is 0 Å². The molecule has 0 spiro atoms. The Morgan fingerprint density at radius 3 is 2.36 bits per heavy atom. The van der Waals surface area contributed by atoms with Crippen LogP contribution in [0.5, 0.6) is 5.75 Å². The Labute approximate surface area is 90.1 Å². The van der Waals surface area contributed by atoms with Crippen LogP contribution in [0, 0.1) is 0 Å². The summed E-state index contributed by atoms with van der Waals surface area (Å²) in [6, 6.07) is 7.99. The lowest BCUT2D eigenvalue weighted by Crippen LogP contribution is -2.17. The van der Waals surface area contributed by atoms with Crippen molar-refractivity contribution in [1.29, 1.82) is 0 Å². The van der Waals surface area contributed by atoms with Crippen molar-refractivity contribution in [2.45, 2.75) is 19.8 Å². The first-order valence-electron chi connectivity index (χ1n) is 4.60. The van der Waals surface area contributed by atoms with Gasteiger partial charge in [-0.1, -0.05) is 38.2 Å². The first-order chi connectivity index (χ1) is 6.59. The van der Waals surface area contributed by atoms with E-state index < -0.39 is 0 Å². The van der Waals surface area contributed by atoms with Gasteiger partial charge in [0, 0.05) is 0 Å². The highest BCUT2D eigenvalue weighted by molar-refractivity contribution is 7.80. The summed E-state index contributed by atoms with van der Waals surface area (Å²) >= 11 is 4.71. The van der Waals surface area contributed by atoms with Crippen LogP contribution in [0.15, 0.2) is 24.3 Å². The van der Waals surface area contributed by atoms with Crippen molar-refractivity contribution < 1.29 is 4.74 Å². The molecular formula is C11H15NOS. The zero-order chi connectivity index (χ0) is 10.6. The third-order valence-corrected chi connectivity index (χ3v) is 2.05. The second-order valence-electron chi connectivity index (χ2n) is 3.48. The lowest BCUT2D eigenvalue weighted by molar-refractivity contribution is 0.377. The summed E-state index contributed by atoms with van der Waals surface area (Å²) in [6.07, 6.45) is 0. The van der Waals surface area contributed by atoms with E-state index in [1.807, 2.05) is 12.1 Å². The van der Waals surface area contributed by atoms with Gasteiger partial charge in [0.25, 0.3) is 0 Å². The molecule has 2 nitrogen and oxygen atoms in total. The molecule has 2 N–H and O–H groups in total. The largest absolute Gasteiger partial charge is 0.487 e. The lowest BCUT2D eigenvalue weighted by atomic mass is 10.0. The van der Waals surface area contributed by atoms with Crippen molar-refractivity contribution in [1.82, 2.24) is 0 Å². The van der Waals surface area contributed by atoms with Crippen molar-refractivity contribution in [2.24, 2.45) is 5.73 Å². The summed E-state index contributed by atoms with van der Waals surface area (Å²) < 4.78 is 5.34. The molecule has 1 aromatic carbocycles. The van der Waals surface area contributed by atoms with Crippen LogP contribution in [0.2, 0.25) is 0 Å². The van der Waals surface area contributed by atoms with Crippen LogP contribution >= 0.6 is 12.2 Å². The van der Waals surface area contributed by atoms with Crippen molar-refractivity contribution in [3.05, 3.63) is 29.8 Å². The number of nitrogens with two attached hydrogens (primary N) is 1. The van der Waals surface area contributed by atoms with Gasteiger partial charge in [0.15, 0.2) is 0 Å². The average molecular weight is 209 g/mol. The molecule has 0 saturated heterocycles. The maximum atomic E-state index is 5.34. The van der Waals surface area contributed by atoms with E-state index in [1.165, 1.54) is 5.56 Å². The molecule has 0 bridgehead atoms. The SMILES string of the molecule is CC(C)c1ccc(OCC(N)=S)cc1. The Hall–Kier alpha value is -1.09. The number of benzene rings is 1. The van der Waals surface area contributed by atoms with Gasteiger partial charge in [-0.15, -0.1) is 0 Å². The summed E-state index contributed by atoms with van der Waals surface area (Å²) in [5, 5.41) is 0. The molecule has 0 amide bonds. The van der Waals surface area contributed by atoms with E-state index in [9.17, 15) is 0 Å². The fourth-order valence-corrected chi connectivity index (χ4v) is 1.16. The molecule has 3 heteroatoms. The van der Waals surface area contributed by atoms with E-state index in [4.69, 9.17) is 22.7 Å². The number of hydrogen-bond acceptors (Lipinski definition) is 2. The fourth-order valence-electron chi connectivity index (χ4n) is 1.10. The van der Waals surface area contributed by atoms with Gasteiger partial charge in [0.05, 0.1) is 0 Å². The van der Waals surface area contributed by atoms with E-state index in [2.05, 4.69) is 26.0 Å². The third kappa shape index (κ3) is 3.34. The van der Waals surface area contributed by atoms with Crippen molar-refractivity contribution in [2.75, 3.05) is 6.61 Å². The smallest absolute Gasteiger partial charge is 0.138 e. The van der Waals surface area contributed by atoms with Gasteiger partial charge in [0.2, 0.25) is 0 Å². The maximum Gasteiger partial charge on any atom is 0.138 e. The van der Waals surface area contributed by atoms with E-state index in [0.29, 0.717) is 17.5 Å². The lowest BCUT2D eigenvalue weighted by Gasteiger charge is -2.07. The highest BCUT2D eigenvalue weighted by atomic mass is 32.1. The van der Waals surface area contributed by atoms with Crippen LogP contribution in [0.3, 0.4) is 0 Å². The van der Waals surface area contributed by atoms with Crippen LogP contribution in [0.4, 0.5) is 0 Å². The van der Waals surface area contributed by atoms with E-state index >= 15 is 0 Å². The number of thiocarbonyl (C=S) groups is 1. The molecule has 0 fully saturated rings. The quantitative estimate of drug-likeness (QED) is 0.774. The molecule has 0 heterocycles. The van der Waals surface area contributed by atoms with Crippen LogP contribution in [0.25, 0.3) is 0 Å². The second-order valence-corrected chi connectivity index (χ2v) is 4.00. The third-order valence-electron chi connectivity index (χ3n) is 1.93. The topological polar surface area (TPSA) is 35.2 Å². The Bertz CT molecular complexity index is 306. The molecule has 0 aliphatic carbocycles. The van der Waals surface area contributed by atoms with Crippen molar-refractivity contribution in [3.8, 4) is 5.75 Å². The Balaban J connectivity index is 2.59. The summed E-state index contributed by atoms with van der Waals surface area (Å²) in [5.41, 5.74) is 6.62. The average Bonchev–Trinajstić information content (AvgIpc) is 2.15. The van der Waals surface area contributed by atoms with Crippen molar-refractivity contribution >= 4 is 17.2 Å². The highest BCUT2D eigenvalue weighted by Gasteiger charge is 1.99. The highest BCUT2D eigenvalue weighted by Crippen LogP contribution is 2.18. The van der Waals surface area contributed by atoms with Crippen LogP contribution in [-0.4, -0.2) is 11.6 Å². The maximum absolute atomic E-state index is 5.34. The van der Waals surface area contributed by atoms with Crippen LogP contribution in [0.1, 0.15) is 25.3 Å². The van der Waals surface area contributed by atoms with E-state index in [0.717, 1.165) is 5.75 Å². The van der Waals surface area contributed by atoms with Crippen LogP contribution in [-0.2, 0) is 0 Å². The van der Waals surface area contributed by atoms with Gasteiger partial charge >= 0.3 is 0 Å². The summed E-state index contributed by atoms with van der Waals surface area (Å²) in [5.74, 6) is 1.35. The van der Waals surface area contributed by atoms with Gasteiger partial charge in [-0.25, -0.2) is 0 Å². The summed E-state index contributed by atoms with van der Waals surface area (Å²) in [4.78, 5) is 0.373. The molecule has 0 saturated carbocycles. The van der Waals surface area contributed by atoms with Gasteiger partial charge in [-0.2, -0.15) is 0 Å². The molecule has 0 atom stereocenters. The minimum absolute atomic E-state index is 0.302. The second kappa shape index (κ2) is 4.96. The molecule has 0 aromatic heterocycles. The molecule has 0 unspecified atom stereocenters. The summed E-state index contributed by atoms with van der Waals surface area (Å²) in [7, 11) is 0. The molecule has 1 rings (SSSR count). The normalized spacial score (nSPS) is 10.2. The molecule has 14 heavy (non-hydrogen) atoms. The predicted octanol–water partition coefficient (Wildman–Crippen LogP) is 2.47. The van der Waals surface area contributed by atoms with E-state index in [-0.39, 0.29) is 0 Å². The van der Waals surface area contributed by atoms with Gasteiger partial charge < -0.3 is 10.5 Å². The first kappa shape index (κ1) is 11.0. The monoisotopic (exact) mass is 209 g/mol. The molecule has 76 valence electrons. The molecule has 0 aliphatic heterocycles. The predicted molar refractivity (Wildman–Crippen MR) is 62.8 cm³/mol. The van der Waals surface area contributed by atoms with Gasteiger partial charge in [-0.3, -0.25) is 0 Å². The number of rotatable bonds is 4. The zero-order valence-electron chi connectivity index (χ0n) is 8.49. The van der Waals surface area contributed by atoms with Gasteiger partial charge in [-0.05, 0) is 23.6 Å². The van der Waals surface area contributed by atoms with Crippen molar-refractivity contribution in [3.63, 3.8) is 0 Å². The molecular weight excluding hydrogens is 194 g/mol. The Kier molecular flexibility index (Phi) is 3.89. The standard InChI is InChI=1S/C11H15NOS/c1-8(2)9-3-5-10(6-4-9)13-7-11(12)14/h3-6,8H,7H2,1-2H3,(H2,12,14).